The highest BCUT2D eigenvalue weighted by molar-refractivity contribution is 5.39. The van der Waals surface area contributed by atoms with Gasteiger partial charge in [0.2, 0.25) is 0 Å². The summed E-state index contributed by atoms with van der Waals surface area (Å²) in [7, 11) is 0. The van der Waals surface area contributed by atoms with Crippen molar-refractivity contribution >= 4 is 0 Å². The summed E-state index contributed by atoms with van der Waals surface area (Å²) in [6.07, 6.45) is 3.36. The van der Waals surface area contributed by atoms with E-state index < -0.39 is 0 Å². The first-order chi connectivity index (χ1) is 9.09. The number of hydrogen-bond donors (Lipinski definition) is 1. The van der Waals surface area contributed by atoms with Crippen LogP contribution in [0.15, 0.2) is 42.7 Å². The smallest absolute Gasteiger partial charge is 0.139 e. The number of nitrogens with zero attached hydrogens (tertiary/aromatic N) is 1. The van der Waals surface area contributed by atoms with E-state index in [1.807, 2.05) is 31.2 Å². The lowest BCUT2D eigenvalue weighted by molar-refractivity contribution is 0.179. The van der Waals surface area contributed by atoms with Gasteiger partial charge >= 0.3 is 0 Å². The third kappa shape index (κ3) is 3.12. The molecule has 0 aliphatic rings. The van der Waals surface area contributed by atoms with Crippen molar-refractivity contribution in [2.45, 2.75) is 32.9 Å². The van der Waals surface area contributed by atoms with Gasteiger partial charge in [-0.3, -0.25) is 4.98 Å². The van der Waals surface area contributed by atoms with Crippen molar-refractivity contribution in [3.05, 3.63) is 59.4 Å². The Hall–Kier alpha value is -1.87. The fourth-order valence-corrected chi connectivity index (χ4v) is 2.02. The van der Waals surface area contributed by atoms with Crippen molar-refractivity contribution in [3.8, 4) is 5.75 Å². The van der Waals surface area contributed by atoms with Gasteiger partial charge in [0.25, 0.3) is 0 Å². The Kier molecular flexibility index (Phi) is 4.17. The van der Waals surface area contributed by atoms with E-state index in [2.05, 4.69) is 24.9 Å². The summed E-state index contributed by atoms with van der Waals surface area (Å²) in [5.41, 5.74) is 9.48. The van der Waals surface area contributed by atoms with Gasteiger partial charge in [-0.15, -0.1) is 0 Å². The molecule has 0 fully saturated rings. The van der Waals surface area contributed by atoms with E-state index in [1.165, 1.54) is 5.56 Å². The maximum Gasteiger partial charge on any atom is 0.139 e. The van der Waals surface area contributed by atoms with Crippen LogP contribution in [0.4, 0.5) is 0 Å². The number of nitrogens with two attached hydrogens (primary N) is 1. The molecule has 0 saturated heterocycles. The van der Waals surface area contributed by atoms with Crippen LogP contribution >= 0.6 is 0 Å². The summed E-state index contributed by atoms with van der Waals surface area (Å²) in [4.78, 5) is 4.03. The minimum Gasteiger partial charge on any atom is -0.484 e. The zero-order valence-corrected chi connectivity index (χ0v) is 11.6. The van der Waals surface area contributed by atoms with Crippen LogP contribution in [0.3, 0.4) is 0 Å². The SMILES string of the molecule is Cc1cccc(OC(c2ccncc2)C(C)N)c1C. The van der Waals surface area contributed by atoms with Gasteiger partial charge < -0.3 is 10.5 Å². The summed E-state index contributed by atoms with van der Waals surface area (Å²) in [6, 6.07) is 9.86. The standard InChI is InChI=1S/C16H20N2O/c1-11-5-4-6-15(12(11)2)19-16(13(3)17)14-7-9-18-10-8-14/h4-10,13,16H,17H2,1-3H3. The van der Waals surface area contributed by atoms with E-state index in [4.69, 9.17) is 10.5 Å². The maximum absolute atomic E-state index is 6.12. The van der Waals surface area contributed by atoms with Crippen molar-refractivity contribution < 1.29 is 4.74 Å². The average Bonchev–Trinajstić information content (AvgIpc) is 2.41. The molecule has 0 amide bonds. The lowest BCUT2D eigenvalue weighted by atomic mass is 10.0. The highest BCUT2D eigenvalue weighted by Crippen LogP contribution is 2.28. The van der Waals surface area contributed by atoms with E-state index in [9.17, 15) is 0 Å². The summed E-state index contributed by atoms with van der Waals surface area (Å²) in [5.74, 6) is 0.888. The highest BCUT2D eigenvalue weighted by atomic mass is 16.5. The second kappa shape index (κ2) is 5.85. The molecule has 2 aromatic rings. The van der Waals surface area contributed by atoms with Gasteiger partial charge in [-0.2, -0.15) is 0 Å². The van der Waals surface area contributed by atoms with E-state index in [0.29, 0.717) is 0 Å². The largest absolute Gasteiger partial charge is 0.484 e. The predicted molar refractivity (Wildman–Crippen MR) is 77.2 cm³/mol. The summed E-state index contributed by atoms with van der Waals surface area (Å²) in [6.45, 7) is 6.10. The Balaban J connectivity index is 2.30. The molecule has 0 aliphatic carbocycles. The first-order valence-electron chi connectivity index (χ1n) is 6.48. The van der Waals surface area contributed by atoms with Crippen LogP contribution in [-0.2, 0) is 0 Å². The topological polar surface area (TPSA) is 48.1 Å². The molecule has 1 aromatic carbocycles. The van der Waals surface area contributed by atoms with Crippen molar-refractivity contribution in [1.29, 1.82) is 0 Å². The Labute approximate surface area is 114 Å². The van der Waals surface area contributed by atoms with Crippen molar-refractivity contribution in [2.75, 3.05) is 0 Å². The Morgan fingerprint density at radius 3 is 2.42 bits per heavy atom. The van der Waals surface area contributed by atoms with Gasteiger partial charge in [-0.1, -0.05) is 12.1 Å². The van der Waals surface area contributed by atoms with Gasteiger partial charge in [0, 0.05) is 18.4 Å². The Morgan fingerprint density at radius 1 is 1.11 bits per heavy atom. The number of benzene rings is 1. The van der Waals surface area contributed by atoms with Gasteiger partial charge in [0.05, 0.1) is 0 Å². The molecule has 2 N–H and O–H groups in total. The van der Waals surface area contributed by atoms with Crippen LogP contribution in [0.25, 0.3) is 0 Å². The molecule has 1 aromatic heterocycles. The number of pyridine rings is 1. The van der Waals surface area contributed by atoms with Crippen molar-refractivity contribution in [3.63, 3.8) is 0 Å². The third-order valence-electron chi connectivity index (χ3n) is 3.32. The molecule has 100 valence electrons. The molecule has 0 spiro atoms. The van der Waals surface area contributed by atoms with Crippen LogP contribution in [0.2, 0.25) is 0 Å². The van der Waals surface area contributed by atoms with Crippen LogP contribution < -0.4 is 10.5 Å². The molecule has 0 saturated carbocycles. The quantitative estimate of drug-likeness (QED) is 0.914. The van der Waals surface area contributed by atoms with Gasteiger partial charge in [0.1, 0.15) is 11.9 Å². The fraction of sp³-hybridized carbons (Fsp3) is 0.312. The number of ether oxygens (including phenoxy) is 1. The van der Waals surface area contributed by atoms with Crippen molar-refractivity contribution in [2.24, 2.45) is 5.73 Å². The molecule has 2 atom stereocenters. The van der Waals surface area contributed by atoms with E-state index in [1.54, 1.807) is 12.4 Å². The Morgan fingerprint density at radius 2 is 1.79 bits per heavy atom. The fourth-order valence-electron chi connectivity index (χ4n) is 2.02. The normalized spacial score (nSPS) is 13.9. The van der Waals surface area contributed by atoms with Gasteiger partial charge in [0.15, 0.2) is 0 Å². The average molecular weight is 256 g/mol. The van der Waals surface area contributed by atoms with Crippen LogP contribution in [-0.4, -0.2) is 11.0 Å². The third-order valence-corrected chi connectivity index (χ3v) is 3.32. The first kappa shape index (κ1) is 13.6. The zero-order valence-electron chi connectivity index (χ0n) is 11.6. The molecule has 2 unspecified atom stereocenters. The lowest BCUT2D eigenvalue weighted by Crippen LogP contribution is -2.29. The van der Waals surface area contributed by atoms with Crippen molar-refractivity contribution in [1.82, 2.24) is 4.98 Å². The molecule has 0 radical (unpaired) electrons. The van der Waals surface area contributed by atoms with Gasteiger partial charge in [-0.25, -0.2) is 0 Å². The minimum atomic E-state index is -0.163. The number of hydrogen-bond acceptors (Lipinski definition) is 3. The second-order valence-corrected chi connectivity index (χ2v) is 4.88. The minimum absolute atomic E-state index is 0.0951. The number of aryl methyl sites for hydroxylation is 1. The van der Waals surface area contributed by atoms with E-state index in [-0.39, 0.29) is 12.1 Å². The molecule has 19 heavy (non-hydrogen) atoms. The maximum atomic E-state index is 6.12. The molecule has 0 aliphatic heterocycles. The van der Waals surface area contributed by atoms with Crippen LogP contribution in [0, 0.1) is 13.8 Å². The summed E-state index contributed by atoms with van der Waals surface area (Å²) >= 11 is 0. The molecule has 3 nitrogen and oxygen atoms in total. The van der Waals surface area contributed by atoms with Gasteiger partial charge in [-0.05, 0) is 55.7 Å². The highest BCUT2D eigenvalue weighted by Gasteiger charge is 2.19. The first-order valence-corrected chi connectivity index (χ1v) is 6.48. The Bertz CT molecular complexity index is 538. The monoisotopic (exact) mass is 256 g/mol. The molecular formula is C16H20N2O. The lowest BCUT2D eigenvalue weighted by Gasteiger charge is -2.24. The van der Waals surface area contributed by atoms with E-state index in [0.717, 1.165) is 16.9 Å². The van der Waals surface area contributed by atoms with E-state index >= 15 is 0 Å². The molecule has 3 heteroatoms. The predicted octanol–water partition coefficient (Wildman–Crippen LogP) is 3.17. The van der Waals surface area contributed by atoms with Crippen LogP contribution in [0.5, 0.6) is 5.75 Å². The summed E-state index contributed by atoms with van der Waals surface area (Å²) in [5, 5.41) is 0. The number of rotatable bonds is 4. The molecule has 2 rings (SSSR count). The molecule has 0 bridgehead atoms. The zero-order chi connectivity index (χ0) is 13.8. The second-order valence-electron chi connectivity index (χ2n) is 4.88. The summed E-state index contributed by atoms with van der Waals surface area (Å²) < 4.78 is 6.12. The molecular weight excluding hydrogens is 236 g/mol. The molecule has 1 heterocycles. The van der Waals surface area contributed by atoms with Crippen LogP contribution in [0.1, 0.15) is 29.7 Å². The number of aromatic nitrogens is 1.